The Kier molecular flexibility index (Phi) is 3.49. The highest BCUT2D eigenvalue weighted by Gasteiger charge is 2.45. The van der Waals surface area contributed by atoms with Gasteiger partial charge in [-0.05, 0) is 30.5 Å². The second kappa shape index (κ2) is 5.44. The number of nitriles is 1. The average molecular weight is 263 g/mol. The quantitative estimate of drug-likeness (QED) is 0.922. The normalized spacial score (nSPS) is 24.6. The largest absolute Gasteiger partial charge is 0.308 e. The fourth-order valence-electron chi connectivity index (χ4n) is 2.83. The second-order valence-electron chi connectivity index (χ2n) is 5.37. The maximum Gasteiger partial charge on any atom is 0.0852 e. The lowest BCUT2D eigenvalue weighted by molar-refractivity contribution is 0.225. The van der Waals surface area contributed by atoms with Crippen molar-refractivity contribution in [2.75, 3.05) is 0 Å². The summed E-state index contributed by atoms with van der Waals surface area (Å²) in [4.78, 5) is 4.30. The van der Waals surface area contributed by atoms with Crippen LogP contribution in [0, 0.1) is 11.3 Å². The van der Waals surface area contributed by atoms with Crippen molar-refractivity contribution < 1.29 is 0 Å². The minimum atomic E-state index is -0.303. The van der Waals surface area contributed by atoms with Crippen molar-refractivity contribution in [1.82, 2.24) is 10.3 Å². The van der Waals surface area contributed by atoms with E-state index in [0.29, 0.717) is 6.04 Å². The lowest BCUT2D eigenvalue weighted by atomic mass is 9.62. The van der Waals surface area contributed by atoms with Crippen LogP contribution in [0.15, 0.2) is 54.7 Å². The van der Waals surface area contributed by atoms with E-state index in [1.807, 2.05) is 36.4 Å². The lowest BCUT2D eigenvalue weighted by Gasteiger charge is -2.43. The van der Waals surface area contributed by atoms with Crippen LogP contribution in [-0.2, 0) is 12.0 Å². The van der Waals surface area contributed by atoms with E-state index >= 15 is 0 Å². The summed E-state index contributed by atoms with van der Waals surface area (Å²) in [6.45, 7) is 0.766. The predicted octanol–water partition coefficient (Wildman–Crippen LogP) is 2.80. The van der Waals surface area contributed by atoms with E-state index in [-0.39, 0.29) is 5.41 Å². The third kappa shape index (κ3) is 2.43. The molecule has 0 spiro atoms. The van der Waals surface area contributed by atoms with Crippen molar-refractivity contribution in [1.29, 1.82) is 5.26 Å². The van der Waals surface area contributed by atoms with Crippen LogP contribution in [0.4, 0.5) is 0 Å². The molecule has 1 aromatic heterocycles. The van der Waals surface area contributed by atoms with Gasteiger partial charge >= 0.3 is 0 Å². The number of nitrogens with one attached hydrogen (secondary N) is 1. The topological polar surface area (TPSA) is 48.7 Å². The first-order valence-electron chi connectivity index (χ1n) is 6.92. The highest BCUT2D eigenvalue weighted by molar-refractivity contribution is 5.36. The summed E-state index contributed by atoms with van der Waals surface area (Å²) in [7, 11) is 0. The van der Waals surface area contributed by atoms with Crippen LogP contribution in [0.3, 0.4) is 0 Å². The van der Waals surface area contributed by atoms with E-state index in [1.165, 1.54) is 0 Å². The van der Waals surface area contributed by atoms with Crippen molar-refractivity contribution in [2.24, 2.45) is 0 Å². The molecule has 3 heteroatoms. The molecule has 0 amide bonds. The average Bonchev–Trinajstić information content (AvgIpc) is 2.48. The molecule has 0 atom stereocenters. The smallest absolute Gasteiger partial charge is 0.0852 e. The van der Waals surface area contributed by atoms with Gasteiger partial charge in [0.15, 0.2) is 0 Å². The predicted molar refractivity (Wildman–Crippen MR) is 77.8 cm³/mol. The van der Waals surface area contributed by atoms with E-state index in [2.05, 4.69) is 28.5 Å². The van der Waals surface area contributed by atoms with Gasteiger partial charge in [-0.25, -0.2) is 0 Å². The third-order valence-corrected chi connectivity index (χ3v) is 4.03. The Balaban J connectivity index is 1.59. The number of pyridine rings is 1. The van der Waals surface area contributed by atoms with E-state index in [4.69, 9.17) is 0 Å². The number of benzene rings is 1. The molecule has 0 aliphatic heterocycles. The molecule has 1 N–H and O–H groups in total. The van der Waals surface area contributed by atoms with Crippen molar-refractivity contribution in [2.45, 2.75) is 30.8 Å². The monoisotopic (exact) mass is 263 g/mol. The van der Waals surface area contributed by atoms with Gasteiger partial charge in [-0.3, -0.25) is 4.98 Å². The maximum atomic E-state index is 9.50. The van der Waals surface area contributed by atoms with Gasteiger partial charge in [0, 0.05) is 18.8 Å². The molecule has 1 aliphatic carbocycles. The van der Waals surface area contributed by atoms with Crippen LogP contribution in [0.5, 0.6) is 0 Å². The SMILES string of the molecule is N#CC1(c2ccccc2)CC(NCc2ccccn2)C1. The Hall–Kier alpha value is -2.18. The van der Waals surface area contributed by atoms with Gasteiger partial charge in [0.1, 0.15) is 0 Å². The minimum Gasteiger partial charge on any atom is -0.308 e. The number of hydrogen-bond donors (Lipinski definition) is 1. The number of rotatable bonds is 4. The molecule has 3 nitrogen and oxygen atoms in total. The van der Waals surface area contributed by atoms with E-state index in [9.17, 15) is 5.26 Å². The van der Waals surface area contributed by atoms with E-state index in [1.54, 1.807) is 6.20 Å². The highest BCUT2D eigenvalue weighted by Crippen LogP contribution is 2.43. The summed E-state index contributed by atoms with van der Waals surface area (Å²) in [5, 5.41) is 13.0. The fourth-order valence-corrected chi connectivity index (χ4v) is 2.83. The summed E-state index contributed by atoms with van der Waals surface area (Å²) in [6, 6.07) is 18.9. The van der Waals surface area contributed by atoms with Gasteiger partial charge in [0.25, 0.3) is 0 Å². The second-order valence-corrected chi connectivity index (χ2v) is 5.37. The molecule has 1 saturated carbocycles. The van der Waals surface area contributed by atoms with Crippen LogP contribution in [-0.4, -0.2) is 11.0 Å². The zero-order chi connectivity index (χ0) is 13.8. The first kappa shape index (κ1) is 12.8. The molecule has 0 bridgehead atoms. The molecule has 100 valence electrons. The van der Waals surface area contributed by atoms with Crippen LogP contribution < -0.4 is 5.32 Å². The Morgan fingerprint density at radius 3 is 2.55 bits per heavy atom. The highest BCUT2D eigenvalue weighted by atomic mass is 15.0. The first-order valence-corrected chi connectivity index (χ1v) is 6.92. The van der Waals surface area contributed by atoms with Gasteiger partial charge in [-0.15, -0.1) is 0 Å². The van der Waals surface area contributed by atoms with Crippen molar-refractivity contribution in [3.63, 3.8) is 0 Å². The van der Waals surface area contributed by atoms with Crippen LogP contribution in [0.2, 0.25) is 0 Å². The molecule has 2 aromatic rings. The molecule has 1 aliphatic rings. The van der Waals surface area contributed by atoms with Gasteiger partial charge in [-0.1, -0.05) is 36.4 Å². The molecule has 0 saturated heterocycles. The third-order valence-electron chi connectivity index (χ3n) is 4.03. The minimum absolute atomic E-state index is 0.303. The molecule has 1 aromatic carbocycles. The lowest BCUT2D eigenvalue weighted by Crippen LogP contribution is -2.50. The molecule has 1 heterocycles. The van der Waals surface area contributed by atoms with Crippen molar-refractivity contribution >= 4 is 0 Å². The summed E-state index contributed by atoms with van der Waals surface area (Å²) < 4.78 is 0. The maximum absolute atomic E-state index is 9.50. The zero-order valence-corrected chi connectivity index (χ0v) is 11.3. The molecule has 0 unspecified atom stereocenters. The Morgan fingerprint density at radius 2 is 1.90 bits per heavy atom. The molecular weight excluding hydrogens is 246 g/mol. The molecular formula is C17H17N3. The standard InChI is InChI=1S/C17H17N3/c18-13-17(14-6-2-1-3-7-14)10-16(11-17)20-12-15-8-4-5-9-19-15/h1-9,16,20H,10-12H2. The number of hydrogen-bond acceptors (Lipinski definition) is 3. The van der Waals surface area contributed by atoms with Crippen LogP contribution >= 0.6 is 0 Å². The molecule has 20 heavy (non-hydrogen) atoms. The summed E-state index contributed by atoms with van der Waals surface area (Å²) in [5.41, 5.74) is 1.88. The van der Waals surface area contributed by atoms with Gasteiger partial charge in [0.05, 0.1) is 17.2 Å². The van der Waals surface area contributed by atoms with Gasteiger partial charge in [0.2, 0.25) is 0 Å². The molecule has 0 radical (unpaired) electrons. The zero-order valence-electron chi connectivity index (χ0n) is 11.3. The van der Waals surface area contributed by atoms with E-state index < -0.39 is 0 Å². The summed E-state index contributed by atoms with van der Waals surface area (Å²) in [5.74, 6) is 0. The van der Waals surface area contributed by atoms with Crippen LogP contribution in [0.1, 0.15) is 24.1 Å². The number of nitrogens with zero attached hydrogens (tertiary/aromatic N) is 2. The van der Waals surface area contributed by atoms with Gasteiger partial charge in [-0.2, -0.15) is 5.26 Å². The summed E-state index contributed by atoms with van der Waals surface area (Å²) >= 11 is 0. The van der Waals surface area contributed by atoms with Crippen LogP contribution in [0.25, 0.3) is 0 Å². The van der Waals surface area contributed by atoms with Crippen molar-refractivity contribution in [3.05, 3.63) is 66.0 Å². The fraction of sp³-hybridized carbons (Fsp3) is 0.294. The molecule has 3 rings (SSSR count). The van der Waals surface area contributed by atoms with E-state index in [0.717, 1.165) is 30.6 Å². The summed E-state index contributed by atoms with van der Waals surface area (Å²) in [6.07, 6.45) is 3.56. The Morgan fingerprint density at radius 1 is 1.15 bits per heavy atom. The number of aromatic nitrogens is 1. The Labute approximate surface area is 119 Å². The van der Waals surface area contributed by atoms with Gasteiger partial charge < -0.3 is 5.32 Å². The first-order chi connectivity index (χ1) is 9.82. The molecule has 1 fully saturated rings. The van der Waals surface area contributed by atoms with Crippen molar-refractivity contribution in [3.8, 4) is 6.07 Å². The Bertz CT molecular complexity index is 595.